The third-order valence-corrected chi connectivity index (χ3v) is 37.2. The Bertz CT molecular complexity index is 3040. The molecule has 0 saturated heterocycles. The molecule has 0 aromatic heterocycles. The van der Waals surface area contributed by atoms with Gasteiger partial charge < -0.3 is 0 Å². The predicted octanol–water partition coefficient (Wildman–Crippen LogP) is 13.5. The van der Waals surface area contributed by atoms with Crippen molar-refractivity contribution in [2.75, 3.05) is 0 Å². The van der Waals surface area contributed by atoms with E-state index in [1.807, 2.05) is 0 Å². The predicted molar refractivity (Wildman–Crippen MR) is 388 cm³/mol. The molecule has 0 aliphatic carbocycles. The van der Waals surface area contributed by atoms with Crippen molar-refractivity contribution in [1.82, 2.24) is 0 Å². The van der Waals surface area contributed by atoms with Crippen LogP contribution in [0.15, 0.2) is 146 Å². The summed E-state index contributed by atoms with van der Waals surface area (Å²) in [4.78, 5) is 0. The van der Waals surface area contributed by atoms with Crippen molar-refractivity contribution in [3.05, 3.63) is 146 Å². The molecule has 8 aromatic carbocycles. The summed E-state index contributed by atoms with van der Waals surface area (Å²) in [6, 6.07) is 61.6. The molecule has 8 aromatic rings. The van der Waals surface area contributed by atoms with Crippen LogP contribution in [0.1, 0.15) is 0 Å². The first-order valence-corrected chi connectivity index (χ1v) is 59.7. The molecule has 0 saturated carbocycles. The molecule has 8 rings (SSSR count). The van der Waals surface area contributed by atoms with Gasteiger partial charge >= 0.3 is 0 Å². The molecule has 410 valence electrons. The van der Waals surface area contributed by atoms with Gasteiger partial charge in [0.15, 0.2) is 0 Å². The average molecular weight is 1200 g/mol. The molecule has 0 fully saturated rings. The zero-order valence-electron chi connectivity index (χ0n) is 52.8. The van der Waals surface area contributed by atoms with Crippen LogP contribution in [0.5, 0.6) is 0 Å². The SMILES string of the molecule is C[Si](C)(C)c1cc(P(c2cc([Si](C)(C)C)cc([Si](C)(C)C)c2)c2ccc3ccccc3c2-c2c(P(c3cc([Si](C)(C)C)cc([Si](C)(C)C)c3)c3cc([Si](C)(C)C)cc([Si](C)(C)C)c3)ccc3ccccc23)cc([Si](C)(C)C)c1. The largest absolute Gasteiger partial charge is 0.0776 e. The van der Waals surface area contributed by atoms with E-state index in [2.05, 4.69) is 303 Å². The van der Waals surface area contributed by atoms with Crippen LogP contribution in [-0.2, 0) is 0 Å². The van der Waals surface area contributed by atoms with Gasteiger partial charge in [0.2, 0.25) is 0 Å². The van der Waals surface area contributed by atoms with Crippen LogP contribution >= 0.6 is 15.8 Å². The highest BCUT2D eigenvalue weighted by atomic mass is 31.1. The number of rotatable bonds is 15. The quantitative estimate of drug-likeness (QED) is 0.0709. The molecule has 0 bridgehead atoms. The first-order valence-electron chi connectivity index (χ1n) is 29.0. The van der Waals surface area contributed by atoms with E-state index in [1.165, 1.54) is 64.5 Å². The number of hydrogen-bond donors (Lipinski definition) is 0. The number of fused-ring (bicyclic) bond motifs is 2. The van der Waals surface area contributed by atoms with Crippen molar-refractivity contribution in [2.24, 2.45) is 0 Å². The molecular weight excluding hydrogens is 1100 g/mol. The lowest BCUT2D eigenvalue weighted by Gasteiger charge is -2.33. The van der Waals surface area contributed by atoms with E-state index in [9.17, 15) is 0 Å². The molecule has 0 atom stereocenters. The smallest absolute Gasteiger partial charge is 0.0656 e. The van der Waals surface area contributed by atoms with Gasteiger partial charge in [0.1, 0.15) is 0 Å². The van der Waals surface area contributed by atoms with Gasteiger partial charge in [-0.3, -0.25) is 0 Å². The Morgan fingerprint density at radius 2 is 0.410 bits per heavy atom. The fourth-order valence-corrected chi connectivity index (χ4v) is 26.9. The summed E-state index contributed by atoms with van der Waals surface area (Å²) in [6.07, 6.45) is 0. The summed E-state index contributed by atoms with van der Waals surface area (Å²) < 4.78 is 0. The summed E-state index contributed by atoms with van der Waals surface area (Å²) in [6.45, 7) is 61.6. The van der Waals surface area contributed by atoms with Crippen molar-refractivity contribution in [3.63, 3.8) is 0 Å². The number of hydrogen-bond acceptors (Lipinski definition) is 0. The molecule has 0 N–H and O–H groups in total. The van der Waals surface area contributed by atoms with Crippen LogP contribution < -0.4 is 73.3 Å². The van der Waals surface area contributed by atoms with Gasteiger partial charge in [-0.05, 0) is 80.3 Å². The van der Waals surface area contributed by atoms with Crippen LogP contribution in [0.2, 0.25) is 157 Å². The second-order valence-corrected chi connectivity index (χ2v) is 76.1. The van der Waals surface area contributed by atoms with E-state index in [-0.39, 0.29) is 0 Å². The van der Waals surface area contributed by atoms with Crippen LogP contribution in [-0.4, -0.2) is 64.6 Å². The van der Waals surface area contributed by atoms with Crippen molar-refractivity contribution < 1.29 is 0 Å². The second kappa shape index (κ2) is 21.6. The Kier molecular flexibility index (Phi) is 16.9. The molecule has 0 aliphatic heterocycles. The Labute approximate surface area is 485 Å². The van der Waals surface area contributed by atoms with Crippen molar-refractivity contribution in [2.45, 2.75) is 157 Å². The molecule has 0 aliphatic rings. The zero-order valence-corrected chi connectivity index (χ0v) is 62.5. The fourth-order valence-electron chi connectivity index (χ4n) is 10.7. The lowest BCUT2D eigenvalue weighted by molar-refractivity contribution is 1.67. The molecule has 10 heteroatoms. The topological polar surface area (TPSA) is 0 Å². The van der Waals surface area contributed by atoms with Gasteiger partial charge in [-0.25, -0.2) is 0 Å². The van der Waals surface area contributed by atoms with Gasteiger partial charge in [-0.15, -0.1) is 0 Å². The summed E-state index contributed by atoms with van der Waals surface area (Å²) in [5.41, 5.74) is 2.89. The first kappa shape index (κ1) is 61.0. The van der Waals surface area contributed by atoms with E-state index < -0.39 is 80.4 Å². The molecule has 0 heterocycles. The summed E-state index contributed by atoms with van der Waals surface area (Å²) in [7, 11) is -16.3. The van der Waals surface area contributed by atoms with Gasteiger partial charge in [0.25, 0.3) is 0 Å². The molecular formula is C68H96P2Si8. The van der Waals surface area contributed by atoms with Crippen LogP contribution in [0.4, 0.5) is 0 Å². The molecule has 0 radical (unpaired) electrons. The van der Waals surface area contributed by atoms with Crippen LogP contribution in [0.25, 0.3) is 32.7 Å². The standard InChI is InChI=1S/C68H96P2Si8/c1-71(2,3)55-37-51(38-56(45-55)72(4,5)6)69(52-39-57(73(7,8)9)46-58(40-52)74(10,11)12)65-35-33-49-29-25-27-31-63(49)67(65)68-64-32-28-26-30-50(64)34-36-66(68)70(53-41-59(75(13,14)15)47-60(42-53)76(16,17)18)54-43-61(77(19,20)21)48-62(44-54)78(22,23)24/h25-48H,1-24H3. The van der Waals surface area contributed by atoms with E-state index in [4.69, 9.17) is 0 Å². The third-order valence-electron chi connectivity index (χ3n) is 16.2. The van der Waals surface area contributed by atoms with Crippen LogP contribution in [0.3, 0.4) is 0 Å². The minimum Gasteiger partial charge on any atom is -0.0656 e. The van der Waals surface area contributed by atoms with Crippen molar-refractivity contribution >= 4 is 175 Å². The zero-order chi connectivity index (χ0) is 57.7. The highest BCUT2D eigenvalue weighted by Gasteiger charge is 2.35. The number of benzene rings is 8. The lowest BCUT2D eigenvalue weighted by atomic mass is 9.93. The molecule has 0 amide bonds. The van der Waals surface area contributed by atoms with Gasteiger partial charge in [0.05, 0.1) is 64.6 Å². The second-order valence-electron chi connectivity index (χ2n) is 31.1. The summed E-state index contributed by atoms with van der Waals surface area (Å²) in [5.74, 6) is 0. The van der Waals surface area contributed by atoms with E-state index in [0.717, 1.165) is 0 Å². The summed E-state index contributed by atoms with van der Waals surface area (Å²) in [5, 5.41) is 27.2. The molecule has 0 spiro atoms. The Hall–Kier alpha value is -3.12. The Morgan fingerprint density at radius 1 is 0.218 bits per heavy atom. The highest BCUT2D eigenvalue weighted by molar-refractivity contribution is 7.81. The van der Waals surface area contributed by atoms with Crippen LogP contribution in [0, 0.1) is 0 Å². The normalized spacial score (nSPS) is 13.6. The van der Waals surface area contributed by atoms with E-state index in [1.54, 1.807) is 41.5 Å². The van der Waals surface area contributed by atoms with E-state index in [0.29, 0.717) is 0 Å². The van der Waals surface area contributed by atoms with Gasteiger partial charge in [-0.1, -0.05) is 344 Å². The molecule has 0 nitrogen and oxygen atoms in total. The molecule has 0 unspecified atom stereocenters. The van der Waals surface area contributed by atoms with Crippen molar-refractivity contribution in [1.29, 1.82) is 0 Å². The Balaban J connectivity index is 1.66. The average Bonchev–Trinajstić information content (AvgIpc) is 3.42. The molecule has 78 heavy (non-hydrogen) atoms. The monoisotopic (exact) mass is 1200 g/mol. The van der Waals surface area contributed by atoms with Gasteiger partial charge in [-0.2, -0.15) is 0 Å². The minimum absolute atomic E-state index is 1.08. The maximum absolute atomic E-state index is 2.73. The van der Waals surface area contributed by atoms with Gasteiger partial charge in [0, 0.05) is 0 Å². The first-order chi connectivity index (χ1) is 35.7. The Morgan fingerprint density at radius 3 is 0.603 bits per heavy atom. The maximum atomic E-state index is 2.73. The van der Waals surface area contributed by atoms with E-state index >= 15 is 0 Å². The lowest BCUT2D eigenvalue weighted by Crippen LogP contribution is -2.49. The van der Waals surface area contributed by atoms with Crippen molar-refractivity contribution in [3.8, 4) is 11.1 Å². The maximum Gasteiger partial charge on any atom is 0.0776 e. The summed E-state index contributed by atoms with van der Waals surface area (Å²) >= 11 is 0. The third kappa shape index (κ3) is 13.2. The fraction of sp³-hybridized carbons (Fsp3) is 0.353. The highest BCUT2D eigenvalue weighted by Crippen LogP contribution is 2.46. The minimum atomic E-state index is -1.77.